The first-order valence-corrected chi connectivity index (χ1v) is 11.0. The van der Waals surface area contributed by atoms with Crippen molar-refractivity contribution in [3.8, 4) is 0 Å². The maximum Gasteiger partial charge on any atom is 0.194 e. The highest BCUT2D eigenvalue weighted by atomic mass is 32.2. The maximum atomic E-state index is 12.9. The van der Waals surface area contributed by atoms with Gasteiger partial charge in [-0.05, 0) is 68.6 Å². The largest absolute Gasteiger partial charge is 0.287 e. The number of piperidine rings is 1. The molecule has 0 saturated carbocycles. The number of benzene rings is 2. The lowest BCUT2D eigenvalue weighted by molar-refractivity contribution is 0.183. The molecule has 0 N–H and O–H groups in total. The molecule has 3 rings (SSSR count). The van der Waals surface area contributed by atoms with E-state index < -0.39 is 15.2 Å². The van der Waals surface area contributed by atoms with Crippen LogP contribution >= 0.6 is 11.8 Å². The van der Waals surface area contributed by atoms with E-state index in [1.54, 1.807) is 23.9 Å². The van der Waals surface area contributed by atoms with Gasteiger partial charge in [0.15, 0.2) is 9.84 Å². The number of sulfone groups is 1. The Morgan fingerprint density at radius 3 is 2.36 bits per heavy atom. The van der Waals surface area contributed by atoms with Crippen LogP contribution < -0.4 is 0 Å². The predicted octanol–water partition coefficient (Wildman–Crippen LogP) is 4.50. The van der Waals surface area contributed by atoms with Gasteiger partial charge < -0.3 is 0 Å². The molecule has 1 saturated heterocycles. The topological polar surface area (TPSA) is 37.4 Å². The lowest BCUT2D eigenvalue weighted by atomic mass is 10.0. The highest BCUT2D eigenvalue weighted by molar-refractivity contribution is 7.99. The second-order valence-corrected chi connectivity index (χ2v) is 9.88. The minimum Gasteiger partial charge on any atom is -0.287 e. The van der Waals surface area contributed by atoms with Gasteiger partial charge >= 0.3 is 0 Å². The summed E-state index contributed by atoms with van der Waals surface area (Å²) in [6.45, 7) is 7.74. The molecule has 133 valence electrons. The van der Waals surface area contributed by atoms with Crippen LogP contribution in [0.2, 0.25) is 0 Å². The maximum absolute atomic E-state index is 12.9. The van der Waals surface area contributed by atoms with Gasteiger partial charge in [-0.15, -0.1) is 0 Å². The second-order valence-electron chi connectivity index (χ2n) is 6.63. The molecule has 0 amide bonds. The number of rotatable bonds is 5. The van der Waals surface area contributed by atoms with Crippen molar-refractivity contribution >= 4 is 21.6 Å². The molecule has 3 nitrogen and oxygen atoms in total. The summed E-state index contributed by atoms with van der Waals surface area (Å²) in [6.07, 6.45) is 2.20. The molecule has 2 aromatic rings. The fraction of sp³-hybridized carbons (Fsp3) is 0.350. The molecule has 1 heterocycles. The summed E-state index contributed by atoms with van der Waals surface area (Å²) in [6, 6.07) is 17.2. The summed E-state index contributed by atoms with van der Waals surface area (Å²) >= 11 is 1.62. The lowest BCUT2D eigenvalue weighted by Gasteiger charge is -2.35. The summed E-state index contributed by atoms with van der Waals surface area (Å²) in [7, 11) is -3.45. The van der Waals surface area contributed by atoms with E-state index in [2.05, 4.69) is 13.8 Å². The number of hydrogen-bond acceptors (Lipinski definition) is 4. The molecule has 0 spiro atoms. The zero-order valence-corrected chi connectivity index (χ0v) is 16.1. The third-order valence-corrected chi connectivity index (χ3v) is 7.54. The monoisotopic (exact) mass is 374 g/mol. The molecule has 5 heteroatoms. The molecule has 0 aliphatic carbocycles. The van der Waals surface area contributed by atoms with Gasteiger partial charge in [-0.25, -0.2) is 8.42 Å². The van der Waals surface area contributed by atoms with Crippen LogP contribution in [0.5, 0.6) is 0 Å². The molecule has 1 aliphatic rings. The SMILES string of the molecule is [CH2][C@H](N1CCCC(C)C1)S(=O)(=O)c1ccc(Sc2ccccc2)cc1. The quantitative estimate of drug-likeness (QED) is 0.772. The smallest absolute Gasteiger partial charge is 0.194 e. The minimum absolute atomic E-state index is 0.350. The minimum atomic E-state index is -3.45. The molecule has 1 radical (unpaired) electrons. The van der Waals surface area contributed by atoms with Crippen molar-refractivity contribution in [1.29, 1.82) is 0 Å². The van der Waals surface area contributed by atoms with Gasteiger partial charge in [0, 0.05) is 16.3 Å². The molecule has 1 unspecified atom stereocenters. The van der Waals surface area contributed by atoms with Gasteiger partial charge in [0.2, 0.25) is 0 Å². The van der Waals surface area contributed by atoms with Gasteiger partial charge in [0.05, 0.1) is 4.90 Å². The zero-order chi connectivity index (χ0) is 17.9. The summed E-state index contributed by atoms with van der Waals surface area (Å²) < 4.78 is 25.8. The predicted molar refractivity (Wildman–Crippen MR) is 103 cm³/mol. The van der Waals surface area contributed by atoms with Crippen molar-refractivity contribution in [2.75, 3.05) is 13.1 Å². The highest BCUT2D eigenvalue weighted by Gasteiger charge is 2.31. The van der Waals surface area contributed by atoms with Crippen molar-refractivity contribution in [3.63, 3.8) is 0 Å². The van der Waals surface area contributed by atoms with Gasteiger partial charge in [-0.1, -0.05) is 36.9 Å². The molecule has 0 bridgehead atoms. The molecule has 1 fully saturated rings. The van der Waals surface area contributed by atoms with Crippen LogP contribution in [-0.2, 0) is 9.84 Å². The van der Waals surface area contributed by atoms with Gasteiger partial charge in [-0.3, -0.25) is 4.90 Å². The van der Waals surface area contributed by atoms with E-state index in [1.165, 1.54) is 0 Å². The fourth-order valence-corrected chi connectivity index (χ4v) is 5.41. The Labute approximate surface area is 155 Å². The fourth-order valence-electron chi connectivity index (χ4n) is 3.16. The van der Waals surface area contributed by atoms with E-state index in [9.17, 15) is 8.42 Å². The Balaban J connectivity index is 1.74. The van der Waals surface area contributed by atoms with Crippen LogP contribution in [0.3, 0.4) is 0 Å². The number of nitrogens with zero attached hydrogens (tertiary/aromatic N) is 1. The molecule has 2 aromatic carbocycles. The van der Waals surface area contributed by atoms with Gasteiger partial charge in [-0.2, -0.15) is 0 Å². The molecular weight excluding hydrogens is 350 g/mol. The normalized spacial score (nSPS) is 20.3. The van der Waals surface area contributed by atoms with E-state index in [0.717, 1.165) is 35.7 Å². The van der Waals surface area contributed by atoms with E-state index in [4.69, 9.17) is 0 Å². The zero-order valence-electron chi connectivity index (χ0n) is 14.5. The Bertz CT molecular complexity index is 788. The van der Waals surface area contributed by atoms with Crippen LogP contribution in [0.4, 0.5) is 0 Å². The first-order chi connectivity index (χ1) is 12.0. The first kappa shape index (κ1) is 18.5. The van der Waals surface area contributed by atoms with E-state index in [0.29, 0.717) is 10.8 Å². The van der Waals surface area contributed by atoms with E-state index in [1.807, 2.05) is 47.4 Å². The summed E-state index contributed by atoms with van der Waals surface area (Å²) in [5.74, 6) is 0.526. The number of hydrogen-bond donors (Lipinski definition) is 0. The number of likely N-dealkylation sites (tertiary alicyclic amines) is 1. The Morgan fingerprint density at radius 2 is 1.72 bits per heavy atom. The van der Waals surface area contributed by atoms with Crippen LogP contribution in [0, 0.1) is 12.8 Å². The third-order valence-electron chi connectivity index (χ3n) is 4.59. The second kappa shape index (κ2) is 7.94. The first-order valence-electron chi connectivity index (χ1n) is 8.61. The van der Waals surface area contributed by atoms with Crippen molar-refractivity contribution in [2.24, 2.45) is 5.92 Å². The van der Waals surface area contributed by atoms with Crippen molar-refractivity contribution in [3.05, 3.63) is 61.5 Å². The Morgan fingerprint density at radius 1 is 1.08 bits per heavy atom. The summed E-state index contributed by atoms with van der Waals surface area (Å²) in [5.41, 5.74) is 0. The van der Waals surface area contributed by atoms with Crippen LogP contribution in [0.1, 0.15) is 19.8 Å². The molecular formula is C20H24NO2S2. The van der Waals surface area contributed by atoms with Gasteiger partial charge in [0.1, 0.15) is 5.37 Å². The lowest BCUT2D eigenvalue weighted by Crippen LogP contribution is -2.44. The summed E-state index contributed by atoms with van der Waals surface area (Å²) in [5, 5.41) is -0.720. The highest BCUT2D eigenvalue weighted by Crippen LogP contribution is 2.29. The molecule has 2 atom stereocenters. The van der Waals surface area contributed by atoms with Crippen molar-refractivity contribution in [2.45, 2.75) is 39.8 Å². The average molecular weight is 375 g/mol. The van der Waals surface area contributed by atoms with Crippen molar-refractivity contribution < 1.29 is 8.42 Å². The van der Waals surface area contributed by atoms with E-state index in [-0.39, 0.29) is 0 Å². The van der Waals surface area contributed by atoms with E-state index >= 15 is 0 Å². The van der Waals surface area contributed by atoms with Crippen LogP contribution in [0.15, 0.2) is 69.3 Å². The molecule has 1 aliphatic heterocycles. The standard InChI is InChI=1S/C20H24NO2S2/c1-16-7-6-14-21(15-16)17(2)25(22,23)20-12-10-19(11-13-20)24-18-8-4-3-5-9-18/h3-5,8-13,16-17H,2,6-7,14-15H2,1H3/t16?,17-/m1/s1. The summed E-state index contributed by atoms with van der Waals surface area (Å²) in [4.78, 5) is 4.51. The van der Waals surface area contributed by atoms with Crippen LogP contribution in [-0.4, -0.2) is 31.8 Å². The van der Waals surface area contributed by atoms with Crippen molar-refractivity contribution in [1.82, 2.24) is 4.90 Å². The van der Waals surface area contributed by atoms with Gasteiger partial charge in [0.25, 0.3) is 0 Å². The van der Waals surface area contributed by atoms with Crippen LogP contribution in [0.25, 0.3) is 0 Å². The average Bonchev–Trinajstić information content (AvgIpc) is 2.62. The molecule has 25 heavy (non-hydrogen) atoms. The third kappa shape index (κ3) is 4.46. The Kier molecular flexibility index (Phi) is 5.87. The molecule has 0 aromatic heterocycles. The Hall–Kier alpha value is -1.30.